The molecule has 0 spiro atoms. The molecule has 1 heterocycles. The summed E-state index contributed by atoms with van der Waals surface area (Å²) in [4.78, 5) is 2.64. The molecule has 0 atom stereocenters. The molecule has 1 fully saturated rings. The standard InChI is InChI=1S/C12H26N2S.ClH/c1-3-15-11-10-14-8-5-12(6-9-14)4-7-13-2;/h12-13H,3-11H2,1-2H3;1H. The summed E-state index contributed by atoms with van der Waals surface area (Å²) in [5.41, 5.74) is 0. The van der Waals surface area contributed by atoms with Crippen LogP contribution in [0.2, 0.25) is 0 Å². The van der Waals surface area contributed by atoms with Crippen molar-refractivity contribution in [3.05, 3.63) is 0 Å². The predicted octanol–water partition coefficient (Wildman–Crippen LogP) is 2.48. The van der Waals surface area contributed by atoms with Gasteiger partial charge in [-0.2, -0.15) is 11.8 Å². The smallest absolute Gasteiger partial charge is 0.00723 e. The first-order valence-electron chi connectivity index (χ1n) is 6.31. The number of nitrogens with zero attached hydrogens (tertiary/aromatic N) is 1. The maximum Gasteiger partial charge on any atom is 0.00723 e. The van der Waals surface area contributed by atoms with Crippen LogP contribution in [0.5, 0.6) is 0 Å². The highest BCUT2D eigenvalue weighted by Gasteiger charge is 2.17. The first kappa shape index (κ1) is 16.6. The highest BCUT2D eigenvalue weighted by Crippen LogP contribution is 2.20. The van der Waals surface area contributed by atoms with Crippen LogP contribution in [-0.2, 0) is 0 Å². The minimum atomic E-state index is 0. The number of rotatable bonds is 7. The number of piperidine rings is 1. The summed E-state index contributed by atoms with van der Waals surface area (Å²) in [5, 5.41) is 3.25. The average Bonchev–Trinajstić information content (AvgIpc) is 2.28. The predicted molar refractivity (Wildman–Crippen MR) is 78.0 cm³/mol. The van der Waals surface area contributed by atoms with Crippen LogP contribution in [-0.4, -0.2) is 49.6 Å². The maximum absolute atomic E-state index is 3.25. The van der Waals surface area contributed by atoms with Gasteiger partial charge in [-0.1, -0.05) is 6.92 Å². The Bertz CT molecular complexity index is 150. The van der Waals surface area contributed by atoms with Crippen LogP contribution in [0.25, 0.3) is 0 Å². The quantitative estimate of drug-likeness (QED) is 0.713. The fourth-order valence-corrected chi connectivity index (χ4v) is 2.86. The molecule has 1 aliphatic heterocycles. The molecule has 1 saturated heterocycles. The molecule has 1 aliphatic rings. The third kappa shape index (κ3) is 7.00. The highest BCUT2D eigenvalue weighted by molar-refractivity contribution is 7.99. The molecular weight excluding hydrogens is 240 g/mol. The fourth-order valence-electron chi connectivity index (χ4n) is 2.19. The highest BCUT2D eigenvalue weighted by atomic mass is 35.5. The summed E-state index contributed by atoms with van der Waals surface area (Å²) in [7, 11) is 2.05. The zero-order chi connectivity index (χ0) is 10.9. The molecule has 1 N–H and O–H groups in total. The molecule has 0 aromatic carbocycles. The third-order valence-electron chi connectivity index (χ3n) is 3.27. The largest absolute Gasteiger partial charge is 0.320 e. The van der Waals surface area contributed by atoms with E-state index in [0.717, 1.165) is 5.92 Å². The van der Waals surface area contributed by atoms with Crippen LogP contribution in [0.15, 0.2) is 0 Å². The topological polar surface area (TPSA) is 15.3 Å². The van der Waals surface area contributed by atoms with E-state index in [1.54, 1.807) is 0 Å². The van der Waals surface area contributed by atoms with Gasteiger partial charge in [0.25, 0.3) is 0 Å². The fraction of sp³-hybridized carbons (Fsp3) is 1.00. The van der Waals surface area contributed by atoms with Crippen molar-refractivity contribution in [1.82, 2.24) is 10.2 Å². The maximum atomic E-state index is 3.25. The van der Waals surface area contributed by atoms with Gasteiger partial charge in [-0.05, 0) is 57.6 Å². The molecule has 98 valence electrons. The summed E-state index contributed by atoms with van der Waals surface area (Å²) >= 11 is 2.06. The van der Waals surface area contributed by atoms with E-state index in [1.807, 2.05) is 0 Å². The van der Waals surface area contributed by atoms with Crippen LogP contribution < -0.4 is 5.32 Å². The summed E-state index contributed by atoms with van der Waals surface area (Å²) in [6.07, 6.45) is 4.20. The van der Waals surface area contributed by atoms with Crippen molar-refractivity contribution in [2.75, 3.05) is 44.7 Å². The van der Waals surface area contributed by atoms with E-state index in [1.165, 1.54) is 56.9 Å². The van der Waals surface area contributed by atoms with Gasteiger partial charge in [0, 0.05) is 12.3 Å². The zero-order valence-electron chi connectivity index (χ0n) is 10.7. The SMILES string of the molecule is CCSCCN1CCC(CCNC)CC1.Cl. The number of halogens is 1. The van der Waals surface area contributed by atoms with Gasteiger partial charge in [-0.25, -0.2) is 0 Å². The van der Waals surface area contributed by atoms with Crippen molar-refractivity contribution < 1.29 is 0 Å². The lowest BCUT2D eigenvalue weighted by molar-refractivity contribution is 0.188. The van der Waals surface area contributed by atoms with Crippen LogP contribution in [0.3, 0.4) is 0 Å². The Morgan fingerprint density at radius 1 is 1.31 bits per heavy atom. The summed E-state index contributed by atoms with van der Waals surface area (Å²) in [6.45, 7) is 7.40. The van der Waals surface area contributed by atoms with Crippen molar-refractivity contribution >= 4 is 24.2 Å². The van der Waals surface area contributed by atoms with Crippen molar-refractivity contribution in [3.8, 4) is 0 Å². The van der Waals surface area contributed by atoms with Crippen LogP contribution in [0.1, 0.15) is 26.2 Å². The normalized spacial score (nSPS) is 18.4. The van der Waals surface area contributed by atoms with Gasteiger partial charge in [-0.15, -0.1) is 12.4 Å². The van der Waals surface area contributed by atoms with Gasteiger partial charge >= 0.3 is 0 Å². The summed E-state index contributed by atoms with van der Waals surface area (Å²) in [6, 6.07) is 0. The Morgan fingerprint density at radius 3 is 2.56 bits per heavy atom. The second kappa shape index (κ2) is 10.7. The molecule has 0 bridgehead atoms. The Hall–Kier alpha value is 0.560. The van der Waals surface area contributed by atoms with Crippen LogP contribution in [0.4, 0.5) is 0 Å². The molecule has 4 heteroatoms. The third-order valence-corrected chi connectivity index (χ3v) is 4.15. The first-order chi connectivity index (χ1) is 7.36. The number of thioether (sulfide) groups is 1. The molecule has 0 saturated carbocycles. The van der Waals surface area contributed by atoms with Gasteiger partial charge < -0.3 is 10.2 Å². The van der Waals surface area contributed by atoms with Crippen molar-refractivity contribution in [2.45, 2.75) is 26.2 Å². The Morgan fingerprint density at radius 2 is 2.00 bits per heavy atom. The van der Waals surface area contributed by atoms with Gasteiger partial charge in [-0.3, -0.25) is 0 Å². The second-order valence-corrected chi connectivity index (χ2v) is 5.77. The molecule has 0 aromatic rings. The lowest BCUT2D eigenvalue weighted by Crippen LogP contribution is -2.35. The van der Waals surface area contributed by atoms with E-state index in [4.69, 9.17) is 0 Å². The van der Waals surface area contributed by atoms with E-state index in [-0.39, 0.29) is 12.4 Å². The summed E-state index contributed by atoms with van der Waals surface area (Å²) in [5.74, 6) is 3.56. The first-order valence-corrected chi connectivity index (χ1v) is 7.47. The van der Waals surface area contributed by atoms with Gasteiger partial charge in [0.1, 0.15) is 0 Å². The monoisotopic (exact) mass is 266 g/mol. The Balaban J connectivity index is 0.00000225. The van der Waals surface area contributed by atoms with Crippen LogP contribution in [0, 0.1) is 5.92 Å². The molecule has 16 heavy (non-hydrogen) atoms. The molecule has 0 aromatic heterocycles. The molecule has 1 rings (SSSR count). The minimum absolute atomic E-state index is 0. The van der Waals surface area contributed by atoms with E-state index in [0.29, 0.717) is 0 Å². The molecule has 0 amide bonds. The summed E-state index contributed by atoms with van der Waals surface area (Å²) < 4.78 is 0. The number of nitrogens with one attached hydrogen (secondary N) is 1. The van der Waals surface area contributed by atoms with E-state index >= 15 is 0 Å². The number of hydrogen-bond donors (Lipinski definition) is 1. The van der Waals surface area contributed by atoms with Gasteiger partial charge in [0.15, 0.2) is 0 Å². The van der Waals surface area contributed by atoms with Gasteiger partial charge in [0.2, 0.25) is 0 Å². The minimum Gasteiger partial charge on any atom is -0.320 e. The molecule has 2 nitrogen and oxygen atoms in total. The van der Waals surface area contributed by atoms with E-state index in [2.05, 4.69) is 35.9 Å². The molecule has 0 radical (unpaired) electrons. The lowest BCUT2D eigenvalue weighted by atomic mass is 9.94. The average molecular weight is 267 g/mol. The Labute approximate surface area is 111 Å². The van der Waals surface area contributed by atoms with E-state index < -0.39 is 0 Å². The van der Waals surface area contributed by atoms with Crippen molar-refractivity contribution in [1.29, 1.82) is 0 Å². The molecule has 0 unspecified atom stereocenters. The van der Waals surface area contributed by atoms with Gasteiger partial charge in [0.05, 0.1) is 0 Å². The lowest BCUT2D eigenvalue weighted by Gasteiger charge is -2.31. The molecule has 0 aliphatic carbocycles. The van der Waals surface area contributed by atoms with Crippen LogP contribution >= 0.6 is 24.2 Å². The number of likely N-dealkylation sites (tertiary alicyclic amines) is 1. The number of hydrogen-bond acceptors (Lipinski definition) is 3. The van der Waals surface area contributed by atoms with Crippen molar-refractivity contribution in [3.63, 3.8) is 0 Å². The molecular formula is C12H27ClN2S. The Kier molecular flexibility index (Phi) is 11.1. The zero-order valence-corrected chi connectivity index (χ0v) is 12.3. The van der Waals surface area contributed by atoms with Crippen molar-refractivity contribution in [2.24, 2.45) is 5.92 Å². The second-order valence-electron chi connectivity index (χ2n) is 4.37. The van der Waals surface area contributed by atoms with E-state index in [9.17, 15) is 0 Å².